The van der Waals surface area contributed by atoms with Crippen molar-refractivity contribution in [2.45, 2.75) is 39.5 Å². The van der Waals surface area contributed by atoms with Gasteiger partial charge in [-0.15, -0.1) is 0 Å². The van der Waals surface area contributed by atoms with Crippen LogP contribution in [-0.4, -0.2) is 31.7 Å². The summed E-state index contributed by atoms with van der Waals surface area (Å²) in [5.74, 6) is -0.335. The summed E-state index contributed by atoms with van der Waals surface area (Å²) in [6.45, 7) is 9.58. The Morgan fingerprint density at radius 1 is 1.09 bits per heavy atom. The molecule has 0 saturated heterocycles. The summed E-state index contributed by atoms with van der Waals surface area (Å²) in [5.41, 5.74) is 1.78. The van der Waals surface area contributed by atoms with Gasteiger partial charge in [0.1, 0.15) is 0 Å². The number of hydrogen-bond donors (Lipinski definition) is 2. The summed E-state index contributed by atoms with van der Waals surface area (Å²) in [6, 6.07) is 7.28. The fourth-order valence-corrected chi connectivity index (χ4v) is 1.85. The van der Waals surface area contributed by atoms with Crippen molar-refractivity contribution >= 4 is 12.0 Å². The first-order valence-corrected chi connectivity index (χ1v) is 7.64. The molecule has 0 atom stereocenters. The Labute approximate surface area is 132 Å². The van der Waals surface area contributed by atoms with Crippen molar-refractivity contribution in [1.29, 1.82) is 0 Å². The Morgan fingerprint density at radius 3 is 2.27 bits per heavy atom. The first-order chi connectivity index (χ1) is 10.3. The van der Waals surface area contributed by atoms with E-state index in [2.05, 4.69) is 31.4 Å². The fourth-order valence-electron chi connectivity index (χ4n) is 1.85. The predicted octanol–water partition coefficient (Wildman–Crippen LogP) is 2.85. The molecule has 0 radical (unpaired) electrons. The van der Waals surface area contributed by atoms with E-state index in [1.807, 2.05) is 19.1 Å². The third-order valence-electron chi connectivity index (χ3n) is 3.16. The summed E-state index contributed by atoms with van der Waals surface area (Å²) in [4.78, 5) is 23.0. The molecule has 0 unspecified atom stereocenters. The van der Waals surface area contributed by atoms with E-state index in [0.717, 1.165) is 0 Å². The number of rotatable bonds is 6. The molecule has 5 heteroatoms. The lowest BCUT2D eigenvalue weighted by molar-refractivity contribution is 0.0501. The highest BCUT2D eigenvalue weighted by molar-refractivity contribution is 5.89. The van der Waals surface area contributed by atoms with E-state index >= 15 is 0 Å². The van der Waals surface area contributed by atoms with E-state index in [-0.39, 0.29) is 24.0 Å². The highest BCUT2D eigenvalue weighted by Gasteiger charge is 2.14. The molecule has 0 aliphatic heterocycles. The second-order valence-electron chi connectivity index (χ2n) is 6.10. The number of carbonyl (C=O) groups is 2. The van der Waals surface area contributed by atoms with E-state index in [9.17, 15) is 9.59 Å². The topological polar surface area (TPSA) is 67.4 Å². The second-order valence-corrected chi connectivity index (χ2v) is 6.10. The molecule has 1 rings (SSSR count). The summed E-state index contributed by atoms with van der Waals surface area (Å²) >= 11 is 0. The average molecular weight is 306 g/mol. The molecule has 2 N–H and O–H groups in total. The Bertz CT molecular complexity index is 490. The number of ether oxygens (including phenoxy) is 1. The van der Waals surface area contributed by atoms with Gasteiger partial charge in [0.05, 0.1) is 12.2 Å². The number of hydrogen-bond acceptors (Lipinski definition) is 3. The van der Waals surface area contributed by atoms with Crippen molar-refractivity contribution in [2.24, 2.45) is 0 Å². The smallest absolute Gasteiger partial charge is 0.338 e. The minimum absolute atomic E-state index is 0.0627. The number of urea groups is 1. The third kappa shape index (κ3) is 6.16. The molecule has 0 bridgehead atoms. The minimum atomic E-state index is -0.335. The quantitative estimate of drug-likeness (QED) is 0.627. The lowest BCUT2D eigenvalue weighted by atomic mass is 9.87. The van der Waals surface area contributed by atoms with Crippen LogP contribution in [0.15, 0.2) is 24.3 Å². The molecule has 0 fully saturated rings. The Hall–Kier alpha value is -2.04. The number of nitrogens with one attached hydrogen (secondary N) is 2. The van der Waals surface area contributed by atoms with Gasteiger partial charge in [-0.3, -0.25) is 0 Å². The zero-order valence-corrected chi connectivity index (χ0v) is 13.9. The lowest BCUT2D eigenvalue weighted by Crippen LogP contribution is -2.36. The van der Waals surface area contributed by atoms with Crippen LogP contribution in [0.4, 0.5) is 4.79 Å². The molecule has 0 aliphatic rings. The van der Waals surface area contributed by atoms with Crippen LogP contribution in [-0.2, 0) is 10.2 Å². The first kappa shape index (κ1) is 18.0. The summed E-state index contributed by atoms with van der Waals surface area (Å²) in [6.07, 6.45) is 0.586. The van der Waals surface area contributed by atoms with Gasteiger partial charge in [-0.2, -0.15) is 0 Å². The summed E-state index contributed by atoms with van der Waals surface area (Å²) in [7, 11) is 0. The van der Waals surface area contributed by atoms with Crippen molar-refractivity contribution in [2.75, 3.05) is 19.7 Å². The Balaban J connectivity index is 2.32. The van der Waals surface area contributed by atoms with Crippen LogP contribution in [0.25, 0.3) is 0 Å². The van der Waals surface area contributed by atoms with Crippen molar-refractivity contribution in [3.63, 3.8) is 0 Å². The van der Waals surface area contributed by atoms with Crippen LogP contribution in [0, 0.1) is 0 Å². The highest BCUT2D eigenvalue weighted by Crippen LogP contribution is 2.22. The highest BCUT2D eigenvalue weighted by atomic mass is 16.5. The molecule has 0 aromatic heterocycles. The fraction of sp³-hybridized carbons (Fsp3) is 0.529. The normalized spacial score (nSPS) is 10.9. The maximum Gasteiger partial charge on any atom is 0.338 e. The van der Waals surface area contributed by atoms with Crippen LogP contribution in [0.2, 0.25) is 0 Å². The number of carbonyl (C=O) groups excluding carboxylic acids is 2. The third-order valence-corrected chi connectivity index (χ3v) is 3.16. The number of esters is 1. The predicted molar refractivity (Wildman–Crippen MR) is 87.1 cm³/mol. The zero-order chi connectivity index (χ0) is 16.6. The molecule has 1 aromatic carbocycles. The average Bonchev–Trinajstić information content (AvgIpc) is 2.46. The Morgan fingerprint density at radius 2 is 1.73 bits per heavy atom. The van der Waals surface area contributed by atoms with Crippen molar-refractivity contribution < 1.29 is 14.3 Å². The van der Waals surface area contributed by atoms with Gasteiger partial charge in [0, 0.05) is 13.1 Å². The van der Waals surface area contributed by atoms with Crippen LogP contribution in [0.5, 0.6) is 0 Å². The molecule has 0 heterocycles. The Kier molecular flexibility index (Phi) is 6.89. The molecule has 0 saturated carbocycles. The standard InChI is InChI=1S/C17H26N2O3/c1-5-18-16(21)19-11-6-12-22-15(20)13-7-9-14(10-8-13)17(2,3)4/h7-10H,5-6,11-12H2,1-4H3,(H2,18,19,21). The lowest BCUT2D eigenvalue weighted by Gasteiger charge is -2.18. The molecule has 2 amide bonds. The molecule has 122 valence electrons. The minimum Gasteiger partial charge on any atom is -0.462 e. The van der Waals surface area contributed by atoms with Crippen LogP contribution in [0.1, 0.15) is 50.0 Å². The van der Waals surface area contributed by atoms with Crippen molar-refractivity contribution in [3.8, 4) is 0 Å². The molecule has 22 heavy (non-hydrogen) atoms. The zero-order valence-electron chi connectivity index (χ0n) is 13.9. The number of amides is 2. The van der Waals surface area contributed by atoms with Gasteiger partial charge in [0.15, 0.2) is 0 Å². The van der Waals surface area contributed by atoms with Crippen LogP contribution >= 0.6 is 0 Å². The second kappa shape index (κ2) is 8.41. The number of benzene rings is 1. The van der Waals surface area contributed by atoms with Gasteiger partial charge >= 0.3 is 12.0 Å². The molecular weight excluding hydrogens is 280 g/mol. The monoisotopic (exact) mass is 306 g/mol. The largest absolute Gasteiger partial charge is 0.462 e. The molecule has 1 aromatic rings. The van der Waals surface area contributed by atoms with Gasteiger partial charge in [-0.05, 0) is 36.5 Å². The maximum atomic E-state index is 11.9. The molecule has 5 nitrogen and oxygen atoms in total. The van der Waals surface area contributed by atoms with Crippen molar-refractivity contribution in [1.82, 2.24) is 10.6 Å². The van der Waals surface area contributed by atoms with Crippen LogP contribution < -0.4 is 10.6 Å². The molecule has 0 spiro atoms. The van der Waals surface area contributed by atoms with E-state index in [1.165, 1.54) is 5.56 Å². The maximum absolute atomic E-state index is 11.9. The summed E-state index contributed by atoms with van der Waals surface area (Å²) < 4.78 is 5.18. The van der Waals surface area contributed by atoms with Crippen molar-refractivity contribution in [3.05, 3.63) is 35.4 Å². The van der Waals surface area contributed by atoms with Gasteiger partial charge in [-0.25, -0.2) is 9.59 Å². The van der Waals surface area contributed by atoms with Gasteiger partial charge < -0.3 is 15.4 Å². The SMILES string of the molecule is CCNC(=O)NCCCOC(=O)c1ccc(C(C)(C)C)cc1. The summed E-state index contributed by atoms with van der Waals surface area (Å²) in [5, 5.41) is 5.31. The van der Waals surface area contributed by atoms with Gasteiger partial charge in [-0.1, -0.05) is 32.9 Å². The van der Waals surface area contributed by atoms with E-state index in [4.69, 9.17) is 4.74 Å². The molecular formula is C17H26N2O3. The van der Waals surface area contributed by atoms with E-state index in [0.29, 0.717) is 25.1 Å². The molecule has 0 aliphatic carbocycles. The van der Waals surface area contributed by atoms with Gasteiger partial charge in [0.2, 0.25) is 0 Å². The van der Waals surface area contributed by atoms with E-state index in [1.54, 1.807) is 12.1 Å². The van der Waals surface area contributed by atoms with Gasteiger partial charge in [0.25, 0.3) is 0 Å². The van der Waals surface area contributed by atoms with Crippen LogP contribution in [0.3, 0.4) is 0 Å². The first-order valence-electron chi connectivity index (χ1n) is 7.64. The van der Waals surface area contributed by atoms with E-state index < -0.39 is 0 Å².